The minimum absolute atomic E-state index is 0.283. The molecule has 0 saturated carbocycles. The van der Waals surface area contributed by atoms with Crippen LogP contribution in [-0.4, -0.2) is 11.0 Å². The van der Waals surface area contributed by atoms with Crippen molar-refractivity contribution in [3.05, 3.63) is 35.4 Å². The van der Waals surface area contributed by atoms with Gasteiger partial charge in [0, 0.05) is 0 Å². The normalized spacial score (nSPS) is 14.8. The molecule has 3 N–H and O–H groups in total. The lowest BCUT2D eigenvalue weighted by molar-refractivity contribution is -0.137. The Morgan fingerprint density at radius 2 is 1.93 bits per heavy atom. The van der Waals surface area contributed by atoms with Gasteiger partial charge in [-0.15, -0.1) is 0 Å². The molecule has 0 heterocycles. The lowest BCUT2D eigenvalue weighted by Gasteiger charge is -2.23. The Morgan fingerprint density at radius 3 is 2.29 bits per heavy atom. The molecule has 0 bridgehead atoms. The second-order valence-corrected chi connectivity index (χ2v) is 3.44. The molecule has 0 spiro atoms. The molecule has 0 aliphatic carbocycles. The van der Waals surface area contributed by atoms with E-state index in [0.717, 1.165) is 5.56 Å². The van der Waals surface area contributed by atoms with Crippen molar-refractivity contribution in [3.63, 3.8) is 0 Å². The van der Waals surface area contributed by atoms with E-state index >= 15 is 0 Å². The topological polar surface area (TPSA) is 63.3 Å². The van der Waals surface area contributed by atoms with Crippen molar-refractivity contribution in [2.45, 2.75) is 25.9 Å². The van der Waals surface area contributed by atoms with Crippen molar-refractivity contribution >= 4 is 5.91 Å². The Balaban J connectivity index is 3.13. The van der Waals surface area contributed by atoms with Gasteiger partial charge in [0.25, 0.3) is 5.91 Å². The zero-order chi connectivity index (χ0) is 10.8. The Morgan fingerprint density at radius 1 is 1.43 bits per heavy atom. The van der Waals surface area contributed by atoms with Gasteiger partial charge in [-0.1, -0.05) is 36.8 Å². The SMILES string of the molecule is CCC(O)(C(N)=O)c1ccc(C)cc1. The van der Waals surface area contributed by atoms with Crippen LogP contribution in [0.2, 0.25) is 0 Å². The van der Waals surface area contributed by atoms with Crippen LogP contribution in [0.3, 0.4) is 0 Å². The summed E-state index contributed by atoms with van der Waals surface area (Å²) in [6.07, 6.45) is 0.283. The van der Waals surface area contributed by atoms with E-state index in [1.54, 1.807) is 19.1 Å². The number of hydrogen-bond acceptors (Lipinski definition) is 2. The summed E-state index contributed by atoms with van der Waals surface area (Å²) >= 11 is 0. The van der Waals surface area contributed by atoms with Crippen LogP contribution in [0.15, 0.2) is 24.3 Å². The lowest BCUT2D eigenvalue weighted by atomic mass is 9.90. The van der Waals surface area contributed by atoms with E-state index in [1.165, 1.54) is 0 Å². The summed E-state index contributed by atoms with van der Waals surface area (Å²) in [5.74, 6) is -0.705. The molecule has 3 nitrogen and oxygen atoms in total. The average molecular weight is 193 g/mol. The molecule has 3 heteroatoms. The van der Waals surface area contributed by atoms with Gasteiger partial charge in [-0.05, 0) is 18.9 Å². The smallest absolute Gasteiger partial charge is 0.254 e. The van der Waals surface area contributed by atoms with Crippen molar-refractivity contribution in [2.75, 3.05) is 0 Å². The van der Waals surface area contributed by atoms with Crippen LogP contribution < -0.4 is 5.73 Å². The lowest BCUT2D eigenvalue weighted by Crippen LogP contribution is -2.40. The van der Waals surface area contributed by atoms with Crippen LogP contribution in [0, 0.1) is 6.92 Å². The Hall–Kier alpha value is -1.35. The van der Waals surface area contributed by atoms with Crippen LogP contribution in [-0.2, 0) is 10.4 Å². The molecule has 14 heavy (non-hydrogen) atoms. The third-order valence-corrected chi connectivity index (χ3v) is 2.45. The molecule has 0 radical (unpaired) electrons. The summed E-state index contributed by atoms with van der Waals surface area (Å²) < 4.78 is 0. The van der Waals surface area contributed by atoms with Crippen LogP contribution >= 0.6 is 0 Å². The summed E-state index contributed by atoms with van der Waals surface area (Å²) in [5.41, 5.74) is 5.26. The highest BCUT2D eigenvalue weighted by Gasteiger charge is 2.33. The quantitative estimate of drug-likeness (QED) is 0.754. The molecule has 76 valence electrons. The highest BCUT2D eigenvalue weighted by Crippen LogP contribution is 2.24. The van der Waals surface area contributed by atoms with Crippen molar-refractivity contribution < 1.29 is 9.90 Å². The van der Waals surface area contributed by atoms with Crippen molar-refractivity contribution in [1.82, 2.24) is 0 Å². The zero-order valence-corrected chi connectivity index (χ0v) is 8.45. The van der Waals surface area contributed by atoms with Crippen LogP contribution in [0.1, 0.15) is 24.5 Å². The number of rotatable bonds is 3. The monoisotopic (exact) mass is 193 g/mol. The number of aryl methyl sites for hydroxylation is 1. The molecule has 0 aliphatic rings. The highest BCUT2D eigenvalue weighted by molar-refractivity contribution is 5.84. The molecule has 1 aromatic rings. The Kier molecular flexibility index (Phi) is 2.91. The maximum absolute atomic E-state index is 11.1. The second-order valence-electron chi connectivity index (χ2n) is 3.44. The number of benzene rings is 1. The first-order valence-electron chi connectivity index (χ1n) is 4.60. The fourth-order valence-corrected chi connectivity index (χ4v) is 1.35. The molecule has 0 saturated heterocycles. The summed E-state index contributed by atoms with van der Waals surface area (Å²) in [6.45, 7) is 3.67. The number of carbonyl (C=O) groups is 1. The molecule has 1 atom stereocenters. The number of nitrogens with two attached hydrogens (primary N) is 1. The number of carbonyl (C=O) groups excluding carboxylic acids is 1. The van der Waals surface area contributed by atoms with Gasteiger partial charge < -0.3 is 10.8 Å². The largest absolute Gasteiger partial charge is 0.375 e. The van der Waals surface area contributed by atoms with Gasteiger partial charge >= 0.3 is 0 Å². The standard InChI is InChI=1S/C11H15NO2/c1-3-11(14,10(12)13)9-6-4-8(2)5-7-9/h4-7,14H,3H2,1-2H3,(H2,12,13). The summed E-state index contributed by atoms with van der Waals surface area (Å²) in [7, 11) is 0. The maximum Gasteiger partial charge on any atom is 0.254 e. The van der Waals surface area contributed by atoms with Gasteiger partial charge in [0.2, 0.25) is 0 Å². The molecule has 0 aromatic heterocycles. The average Bonchev–Trinajstić information content (AvgIpc) is 2.17. The van der Waals surface area contributed by atoms with E-state index in [0.29, 0.717) is 5.56 Å². The molecule has 1 rings (SSSR count). The van der Waals surface area contributed by atoms with E-state index < -0.39 is 11.5 Å². The number of primary amides is 1. The minimum atomic E-state index is -1.53. The molecule has 0 fully saturated rings. The fourth-order valence-electron chi connectivity index (χ4n) is 1.35. The predicted octanol–water partition coefficient (Wildman–Crippen LogP) is 1.08. The Bertz CT molecular complexity index is 332. The van der Waals surface area contributed by atoms with E-state index in [4.69, 9.17) is 5.73 Å². The Labute approximate surface area is 83.6 Å². The van der Waals surface area contributed by atoms with Gasteiger partial charge in [0.1, 0.15) is 0 Å². The van der Waals surface area contributed by atoms with Crippen LogP contribution in [0.5, 0.6) is 0 Å². The molecule has 1 aromatic carbocycles. The first kappa shape index (κ1) is 10.7. The second kappa shape index (κ2) is 3.80. The first-order chi connectivity index (χ1) is 6.50. The molecular formula is C11H15NO2. The first-order valence-corrected chi connectivity index (χ1v) is 4.60. The molecular weight excluding hydrogens is 178 g/mol. The van der Waals surface area contributed by atoms with E-state index in [1.807, 2.05) is 19.1 Å². The van der Waals surface area contributed by atoms with Gasteiger partial charge in [0.15, 0.2) is 5.60 Å². The minimum Gasteiger partial charge on any atom is -0.375 e. The summed E-state index contributed by atoms with van der Waals surface area (Å²) in [6, 6.07) is 7.14. The highest BCUT2D eigenvalue weighted by atomic mass is 16.3. The van der Waals surface area contributed by atoms with Crippen LogP contribution in [0.25, 0.3) is 0 Å². The molecule has 1 amide bonds. The maximum atomic E-state index is 11.1. The summed E-state index contributed by atoms with van der Waals surface area (Å²) in [5, 5.41) is 9.98. The fraction of sp³-hybridized carbons (Fsp3) is 0.364. The number of amides is 1. The molecule has 0 aliphatic heterocycles. The third kappa shape index (κ3) is 1.77. The van der Waals surface area contributed by atoms with Crippen molar-refractivity contribution in [1.29, 1.82) is 0 Å². The van der Waals surface area contributed by atoms with Crippen LogP contribution in [0.4, 0.5) is 0 Å². The van der Waals surface area contributed by atoms with Gasteiger partial charge in [-0.3, -0.25) is 4.79 Å². The zero-order valence-electron chi connectivity index (χ0n) is 8.45. The van der Waals surface area contributed by atoms with Crippen molar-refractivity contribution in [2.24, 2.45) is 5.73 Å². The predicted molar refractivity (Wildman–Crippen MR) is 54.6 cm³/mol. The van der Waals surface area contributed by atoms with E-state index in [9.17, 15) is 9.90 Å². The molecule has 1 unspecified atom stereocenters. The number of aliphatic hydroxyl groups is 1. The van der Waals surface area contributed by atoms with Crippen molar-refractivity contribution in [3.8, 4) is 0 Å². The van der Waals surface area contributed by atoms with E-state index in [2.05, 4.69) is 0 Å². The number of hydrogen-bond donors (Lipinski definition) is 2. The van der Waals surface area contributed by atoms with Gasteiger partial charge in [-0.25, -0.2) is 0 Å². The van der Waals surface area contributed by atoms with Gasteiger partial charge in [0.05, 0.1) is 0 Å². The van der Waals surface area contributed by atoms with Gasteiger partial charge in [-0.2, -0.15) is 0 Å². The summed E-state index contributed by atoms with van der Waals surface area (Å²) in [4.78, 5) is 11.1. The third-order valence-electron chi connectivity index (χ3n) is 2.45. The van der Waals surface area contributed by atoms with E-state index in [-0.39, 0.29) is 6.42 Å².